The van der Waals surface area contributed by atoms with Crippen LogP contribution in [0.1, 0.15) is 29.8 Å². The van der Waals surface area contributed by atoms with Gasteiger partial charge in [0.2, 0.25) is 26.3 Å². The zero-order valence-electron chi connectivity index (χ0n) is 32.9. The molecule has 0 unspecified atom stereocenters. The van der Waals surface area contributed by atoms with Gasteiger partial charge in [-0.25, -0.2) is 54.3 Å². The molecule has 20 nitrogen and oxygen atoms in total. The molecule has 0 saturated heterocycles. The molecule has 0 bridgehead atoms. The molecule has 33 heteroatoms. The standard InChI is InChI=1S/C17H12Cl2F2N4O5S.C16H10Cl2F2N4O6S.C2HF3O/c1-7-2-3-9(6-12(7)31(22,28)29)30-14-10(18)4-8(5-11(14)19)25-17(27)23-16(26)13(24-25)15(20)21;17-8-3-6(24-16(27)22-15(26)12(23-24)14(19)20)4-9(18)13(8)30-7-1-2-10(25)11(5-7)31(21,28)29;3-2(4,5)1-6/h2-6,15H,1H3,(H2,22,28,29)(H,23,26,27);1-5,14,25H,(H2,21,28,29)(H,22,26,27);1H. The van der Waals surface area contributed by atoms with E-state index in [9.17, 15) is 71.9 Å². The third-order valence-electron chi connectivity index (χ3n) is 7.85. The van der Waals surface area contributed by atoms with Crippen LogP contribution in [0.25, 0.3) is 11.4 Å². The lowest BCUT2D eigenvalue weighted by Crippen LogP contribution is -2.34. The van der Waals surface area contributed by atoms with Gasteiger partial charge in [-0.1, -0.05) is 52.5 Å². The first-order valence-electron chi connectivity index (χ1n) is 17.2. The summed E-state index contributed by atoms with van der Waals surface area (Å²) in [4.78, 5) is 58.2. The van der Waals surface area contributed by atoms with Crippen LogP contribution in [-0.4, -0.2) is 63.9 Å². The number of nitrogens with zero attached hydrogens (tertiary/aromatic N) is 4. The molecule has 0 aliphatic rings. The Bertz CT molecular complexity index is 3150. The number of primary sulfonamides is 2. The Morgan fingerprint density at radius 3 is 1.32 bits per heavy atom. The number of aromatic nitrogens is 6. The van der Waals surface area contributed by atoms with Crippen molar-refractivity contribution >= 4 is 72.7 Å². The van der Waals surface area contributed by atoms with Crippen molar-refractivity contribution in [2.45, 2.75) is 35.7 Å². The average Bonchev–Trinajstić information content (AvgIpc) is 3.20. The summed E-state index contributed by atoms with van der Waals surface area (Å²) >= 11 is 24.6. The molecule has 2 heterocycles. The van der Waals surface area contributed by atoms with Gasteiger partial charge < -0.3 is 14.6 Å². The van der Waals surface area contributed by atoms with E-state index in [0.717, 1.165) is 36.4 Å². The van der Waals surface area contributed by atoms with Crippen molar-refractivity contribution in [1.82, 2.24) is 29.5 Å². The molecule has 0 radical (unpaired) electrons. The molecule has 2 aromatic heterocycles. The molecule has 0 fully saturated rings. The van der Waals surface area contributed by atoms with Gasteiger partial charge in [0.1, 0.15) is 22.1 Å². The first-order chi connectivity index (χ1) is 31.3. The quantitative estimate of drug-likeness (QED) is 0.0780. The second-order valence-corrected chi connectivity index (χ2v) is 17.4. The maximum Gasteiger partial charge on any atom is 0.446 e. The number of aldehydes is 1. The molecule has 0 aliphatic heterocycles. The number of alkyl halides is 7. The summed E-state index contributed by atoms with van der Waals surface area (Å²) in [6, 6.07) is 11.7. The van der Waals surface area contributed by atoms with Crippen LogP contribution in [0.4, 0.5) is 30.7 Å². The SMILES string of the molecule is Cc1ccc(Oc2c(Cl)cc(-n3nc(C(F)F)c(=O)[nH]c3=O)cc2Cl)cc1S(N)(=O)=O.NS(=O)(=O)c1cc(Oc2c(Cl)cc(-n3nc(C(F)F)c(=O)[nH]c3=O)cc2Cl)ccc1O.O=CC(F)(F)F. The van der Waals surface area contributed by atoms with Gasteiger partial charge in [-0.2, -0.15) is 32.7 Å². The molecule has 7 N–H and O–H groups in total. The third kappa shape index (κ3) is 13.6. The normalized spacial score (nSPS) is 11.6. The molecule has 0 atom stereocenters. The number of nitrogens with one attached hydrogen (secondary N) is 2. The van der Waals surface area contributed by atoms with E-state index < -0.39 is 89.9 Å². The van der Waals surface area contributed by atoms with Crippen molar-refractivity contribution in [3.63, 3.8) is 0 Å². The number of phenolic OH excluding ortho intramolecular Hbond substituents is 1. The number of carbonyl (C=O) groups excluding carboxylic acids is 1. The number of ether oxygens (including phenoxy) is 2. The van der Waals surface area contributed by atoms with Crippen LogP contribution < -0.4 is 42.2 Å². The Kier molecular flexibility index (Phi) is 17.0. The maximum absolute atomic E-state index is 12.9. The van der Waals surface area contributed by atoms with Gasteiger partial charge in [-0.3, -0.25) is 24.4 Å². The van der Waals surface area contributed by atoms with Crippen LogP contribution in [0.2, 0.25) is 20.1 Å². The van der Waals surface area contributed by atoms with Crippen molar-refractivity contribution in [2.75, 3.05) is 0 Å². The molecule has 4 aromatic carbocycles. The molecule has 68 heavy (non-hydrogen) atoms. The van der Waals surface area contributed by atoms with Gasteiger partial charge in [-0.05, 0) is 55.0 Å². The first-order valence-corrected chi connectivity index (χ1v) is 21.8. The van der Waals surface area contributed by atoms with Crippen LogP contribution >= 0.6 is 46.4 Å². The molecule has 0 saturated carbocycles. The Morgan fingerprint density at radius 2 is 1.00 bits per heavy atom. The number of hydrogen-bond acceptors (Lipinski definition) is 14. The van der Waals surface area contributed by atoms with E-state index in [1.165, 1.54) is 24.3 Å². The zero-order chi connectivity index (χ0) is 51.4. The van der Waals surface area contributed by atoms with E-state index in [-0.39, 0.29) is 59.4 Å². The number of aryl methyl sites for hydroxylation is 1. The van der Waals surface area contributed by atoms with Crippen molar-refractivity contribution in [2.24, 2.45) is 10.3 Å². The minimum Gasteiger partial charge on any atom is -0.507 e. The molecule has 0 spiro atoms. The maximum atomic E-state index is 12.9. The number of aromatic amines is 2. The Hall–Kier alpha value is -6.34. The molecule has 0 aliphatic carbocycles. The van der Waals surface area contributed by atoms with E-state index in [2.05, 4.69) is 10.2 Å². The fourth-order valence-electron chi connectivity index (χ4n) is 4.97. The molecule has 0 amide bonds. The van der Waals surface area contributed by atoms with Crippen LogP contribution in [0.15, 0.2) is 89.6 Å². The number of carbonyl (C=O) groups is 1. The number of phenols is 1. The van der Waals surface area contributed by atoms with Gasteiger partial charge in [0.05, 0.1) is 36.4 Å². The number of nitrogens with two attached hydrogens (primary N) is 2. The number of rotatable bonds is 10. The minimum absolute atomic E-state index is 0.0468. The lowest BCUT2D eigenvalue weighted by atomic mass is 10.2. The zero-order valence-corrected chi connectivity index (χ0v) is 37.5. The van der Waals surface area contributed by atoms with Crippen LogP contribution in [-0.2, 0) is 24.8 Å². The predicted molar refractivity (Wildman–Crippen MR) is 225 cm³/mol. The van der Waals surface area contributed by atoms with Crippen molar-refractivity contribution in [3.8, 4) is 40.1 Å². The summed E-state index contributed by atoms with van der Waals surface area (Å²) in [5.41, 5.74) is -7.13. The molecule has 6 aromatic rings. The Labute approximate surface area is 393 Å². The summed E-state index contributed by atoms with van der Waals surface area (Å²) in [6.45, 7) is 1.54. The highest BCUT2D eigenvalue weighted by Gasteiger charge is 2.25. The fraction of sp³-hybridized carbons (Fsp3) is 0.114. The van der Waals surface area contributed by atoms with Crippen LogP contribution in [0.5, 0.6) is 28.7 Å². The van der Waals surface area contributed by atoms with Crippen LogP contribution in [0, 0.1) is 6.92 Å². The summed E-state index contributed by atoms with van der Waals surface area (Å²) in [5.74, 6) is -0.975. The first kappa shape index (κ1) is 54.3. The van der Waals surface area contributed by atoms with E-state index in [1.807, 2.05) is 0 Å². The topological polar surface area (TPSA) is 312 Å². The molecule has 364 valence electrons. The number of hydrogen-bond donors (Lipinski definition) is 5. The number of sulfonamides is 2. The minimum atomic E-state index is -4.64. The number of halogens is 11. The highest BCUT2D eigenvalue weighted by Crippen LogP contribution is 2.40. The van der Waals surface area contributed by atoms with Gasteiger partial charge in [0, 0.05) is 12.1 Å². The second-order valence-electron chi connectivity index (χ2n) is 12.7. The van der Waals surface area contributed by atoms with Crippen molar-refractivity contribution in [1.29, 1.82) is 0 Å². The highest BCUT2D eigenvalue weighted by molar-refractivity contribution is 7.89. The smallest absolute Gasteiger partial charge is 0.446 e. The lowest BCUT2D eigenvalue weighted by molar-refractivity contribution is -0.156. The Morgan fingerprint density at radius 1 is 0.662 bits per heavy atom. The lowest BCUT2D eigenvalue weighted by Gasteiger charge is -2.13. The highest BCUT2D eigenvalue weighted by atomic mass is 35.5. The molecule has 6 rings (SSSR count). The van der Waals surface area contributed by atoms with E-state index >= 15 is 0 Å². The van der Waals surface area contributed by atoms with E-state index in [4.69, 9.17) is 70.9 Å². The summed E-state index contributed by atoms with van der Waals surface area (Å²) < 4.78 is 141. The average molecular weight is 1090 g/mol. The second kappa shape index (κ2) is 21.3. The van der Waals surface area contributed by atoms with Crippen molar-refractivity contribution < 1.29 is 66.9 Å². The molecular weight excluding hydrogens is 1060 g/mol. The van der Waals surface area contributed by atoms with Gasteiger partial charge in [0.15, 0.2) is 22.9 Å². The number of aromatic hydroxyl groups is 1. The fourth-order valence-corrected chi connectivity index (χ4v) is 7.51. The monoisotopic (exact) mass is 1080 g/mol. The predicted octanol–water partition coefficient (Wildman–Crippen LogP) is 5.97. The number of H-pyrrole nitrogens is 2. The summed E-state index contributed by atoms with van der Waals surface area (Å²) in [6.07, 6.45) is -12.2. The third-order valence-corrected chi connectivity index (χ3v) is 11.0. The summed E-state index contributed by atoms with van der Waals surface area (Å²) in [5, 5.41) is 25.8. The summed E-state index contributed by atoms with van der Waals surface area (Å²) in [7, 11) is -8.28. The van der Waals surface area contributed by atoms with Gasteiger partial charge >= 0.3 is 17.6 Å². The number of benzene rings is 4. The van der Waals surface area contributed by atoms with E-state index in [0.29, 0.717) is 14.9 Å². The van der Waals surface area contributed by atoms with E-state index in [1.54, 1.807) is 16.9 Å². The van der Waals surface area contributed by atoms with Crippen LogP contribution in [0.3, 0.4) is 0 Å². The molecular formula is C35H23Cl4F7N8O12S2. The van der Waals surface area contributed by atoms with Gasteiger partial charge in [-0.15, -0.1) is 0 Å². The largest absolute Gasteiger partial charge is 0.507 e. The Balaban J connectivity index is 0.000000265. The van der Waals surface area contributed by atoms with Gasteiger partial charge in [0.25, 0.3) is 24.0 Å². The van der Waals surface area contributed by atoms with Crippen molar-refractivity contribution in [3.05, 3.63) is 139 Å².